The van der Waals surface area contributed by atoms with Crippen molar-refractivity contribution in [2.75, 3.05) is 0 Å². The first-order valence-electron chi connectivity index (χ1n) is 4.69. The molecule has 0 saturated carbocycles. The van der Waals surface area contributed by atoms with Gasteiger partial charge >= 0.3 is 0 Å². The second-order valence-electron chi connectivity index (χ2n) is 4.25. The monoisotopic (exact) mass is 177 g/mol. The molecule has 0 aromatic carbocycles. The van der Waals surface area contributed by atoms with Crippen LogP contribution in [0.15, 0.2) is 23.8 Å². The summed E-state index contributed by atoms with van der Waals surface area (Å²) >= 11 is 0. The normalized spacial score (nSPS) is 21.9. The summed E-state index contributed by atoms with van der Waals surface area (Å²) in [4.78, 5) is 11.5. The van der Waals surface area contributed by atoms with Crippen molar-refractivity contribution in [1.29, 1.82) is 0 Å². The minimum absolute atomic E-state index is 0.131. The zero-order valence-electron chi connectivity index (χ0n) is 8.68. The van der Waals surface area contributed by atoms with Gasteiger partial charge in [-0.05, 0) is 24.3 Å². The van der Waals surface area contributed by atoms with Crippen LogP contribution in [0.5, 0.6) is 0 Å². The second-order valence-corrected chi connectivity index (χ2v) is 4.25. The first-order valence-corrected chi connectivity index (χ1v) is 4.69. The van der Waals surface area contributed by atoms with Crippen LogP contribution in [0, 0.1) is 11.8 Å². The van der Waals surface area contributed by atoms with E-state index < -0.39 is 0 Å². The number of hydrogen-bond donors (Lipinski definition) is 0. The molecule has 1 radical (unpaired) electrons. The van der Waals surface area contributed by atoms with Gasteiger partial charge in [-0.25, -0.2) is 0 Å². The first-order chi connectivity index (χ1) is 5.99. The summed E-state index contributed by atoms with van der Waals surface area (Å²) in [5, 5.41) is 0. The van der Waals surface area contributed by atoms with Crippen LogP contribution in [0.1, 0.15) is 33.6 Å². The molecule has 0 bridgehead atoms. The molecule has 0 unspecified atom stereocenters. The summed E-state index contributed by atoms with van der Waals surface area (Å²) in [6.45, 7) is 9.95. The van der Waals surface area contributed by atoms with Crippen LogP contribution in [-0.4, -0.2) is 5.78 Å². The maximum Gasteiger partial charge on any atom is 0.158 e. The lowest BCUT2D eigenvalue weighted by Gasteiger charge is -2.33. The minimum atomic E-state index is 0.131. The maximum atomic E-state index is 11.5. The molecular formula is C12H17O. The van der Waals surface area contributed by atoms with Crippen LogP contribution in [-0.2, 0) is 4.79 Å². The van der Waals surface area contributed by atoms with Gasteiger partial charge < -0.3 is 0 Å². The van der Waals surface area contributed by atoms with Crippen molar-refractivity contribution >= 4 is 5.78 Å². The van der Waals surface area contributed by atoms with E-state index in [0.29, 0.717) is 6.42 Å². The SMILES string of the molecule is C=C[CH]C1=C(C)C(=O)CCC1(C)C. The Hall–Kier alpha value is -0.850. The molecule has 0 fully saturated rings. The molecule has 0 aromatic heterocycles. The zero-order chi connectivity index (χ0) is 10.1. The Kier molecular flexibility index (Phi) is 2.74. The Labute approximate surface area is 80.5 Å². The Balaban J connectivity index is 3.09. The van der Waals surface area contributed by atoms with Crippen molar-refractivity contribution in [3.05, 3.63) is 30.2 Å². The molecule has 0 spiro atoms. The number of Topliss-reactive ketones (excluding diaryl/α,β-unsaturated/α-hetero) is 1. The average Bonchev–Trinajstić information content (AvgIpc) is 2.07. The van der Waals surface area contributed by atoms with Gasteiger partial charge in [0.05, 0.1) is 0 Å². The van der Waals surface area contributed by atoms with Crippen molar-refractivity contribution < 1.29 is 4.79 Å². The van der Waals surface area contributed by atoms with E-state index in [2.05, 4.69) is 20.4 Å². The predicted molar refractivity (Wildman–Crippen MR) is 55.2 cm³/mol. The van der Waals surface area contributed by atoms with Gasteiger partial charge in [0, 0.05) is 12.8 Å². The summed E-state index contributed by atoms with van der Waals surface area (Å²) in [5.74, 6) is 0.285. The van der Waals surface area contributed by atoms with Crippen molar-refractivity contribution in [1.82, 2.24) is 0 Å². The number of hydrogen-bond acceptors (Lipinski definition) is 1. The van der Waals surface area contributed by atoms with E-state index in [1.807, 2.05) is 13.3 Å². The molecule has 71 valence electrons. The number of rotatable bonds is 2. The molecule has 1 heteroatoms. The van der Waals surface area contributed by atoms with Crippen molar-refractivity contribution in [3.63, 3.8) is 0 Å². The van der Waals surface area contributed by atoms with Gasteiger partial charge in [-0.15, -0.1) is 6.58 Å². The largest absolute Gasteiger partial charge is 0.295 e. The van der Waals surface area contributed by atoms with E-state index in [0.717, 1.165) is 17.6 Å². The minimum Gasteiger partial charge on any atom is -0.295 e. The zero-order valence-corrected chi connectivity index (χ0v) is 8.68. The molecule has 1 aliphatic rings. The molecule has 1 nitrogen and oxygen atoms in total. The standard InChI is InChI=1S/C12H17O/c1-5-6-10-9(2)11(13)7-8-12(10,3)4/h5-6H,1,7-8H2,2-4H3. The van der Waals surface area contributed by atoms with Gasteiger partial charge in [0.1, 0.15) is 0 Å². The molecule has 0 aliphatic heterocycles. The van der Waals surface area contributed by atoms with E-state index in [4.69, 9.17) is 0 Å². The van der Waals surface area contributed by atoms with Crippen LogP contribution >= 0.6 is 0 Å². The lowest BCUT2D eigenvalue weighted by molar-refractivity contribution is -0.116. The highest BCUT2D eigenvalue weighted by Gasteiger charge is 2.31. The Morgan fingerprint density at radius 3 is 2.62 bits per heavy atom. The number of allylic oxidation sites excluding steroid dienone is 3. The maximum absolute atomic E-state index is 11.5. The van der Waals surface area contributed by atoms with Crippen LogP contribution in [0.4, 0.5) is 0 Å². The molecule has 0 saturated heterocycles. The molecule has 0 N–H and O–H groups in total. The van der Waals surface area contributed by atoms with Gasteiger partial charge in [-0.3, -0.25) is 4.79 Å². The summed E-state index contributed by atoms with van der Waals surface area (Å²) < 4.78 is 0. The summed E-state index contributed by atoms with van der Waals surface area (Å²) in [6, 6.07) is 0. The van der Waals surface area contributed by atoms with Gasteiger partial charge in [-0.1, -0.05) is 25.5 Å². The Morgan fingerprint density at radius 2 is 2.08 bits per heavy atom. The van der Waals surface area contributed by atoms with Gasteiger partial charge in [-0.2, -0.15) is 0 Å². The third kappa shape index (κ3) is 1.90. The average molecular weight is 177 g/mol. The van der Waals surface area contributed by atoms with Crippen molar-refractivity contribution in [3.8, 4) is 0 Å². The fourth-order valence-electron chi connectivity index (χ4n) is 1.87. The highest BCUT2D eigenvalue weighted by Crippen LogP contribution is 2.39. The van der Waals surface area contributed by atoms with Crippen LogP contribution in [0.2, 0.25) is 0 Å². The van der Waals surface area contributed by atoms with E-state index >= 15 is 0 Å². The Bertz CT molecular complexity index is 269. The van der Waals surface area contributed by atoms with E-state index in [-0.39, 0.29) is 11.2 Å². The molecule has 0 heterocycles. The smallest absolute Gasteiger partial charge is 0.158 e. The van der Waals surface area contributed by atoms with Crippen LogP contribution < -0.4 is 0 Å². The molecule has 0 atom stereocenters. The molecule has 1 aliphatic carbocycles. The van der Waals surface area contributed by atoms with Gasteiger partial charge in [0.2, 0.25) is 0 Å². The fourth-order valence-corrected chi connectivity index (χ4v) is 1.87. The second kappa shape index (κ2) is 3.49. The van der Waals surface area contributed by atoms with Gasteiger partial charge in [0.15, 0.2) is 5.78 Å². The number of carbonyl (C=O) groups is 1. The van der Waals surface area contributed by atoms with E-state index in [1.54, 1.807) is 6.08 Å². The summed E-state index contributed by atoms with van der Waals surface area (Å²) in [7, 11) is 0. The number of ketones is 1. The number of carbonyl (C=O) groups excluding carboxylic acids is 1. The van der Waals surface area contributed by atoms with E-state index in [1.165, 1.54) is 0 Å². The topological polar surface area (TPSA) is 17.1 Å². The molecular weight excluding hydrogens is 160 g/mol. The molecule has 13 heavy (non-hydrogen) atoms. The van der Waals surface area contributed by atoms with Crippen molar-refractivity contribution in [2.45, 2.75) is 33.6 Å². The summed E-state index contributed by atoms with van der Waals surface area (Å²) in [5.41, 5.74) is 2.20. The third-order valence-corrected chi connectivity index (χ3v) is 2.81. The van der Waals surface area contributed by atoms with E-state index in [9.17, 15) is 4.79 Å². The quantitative estimate of drug-likeness (QED) is 0.633. The lowest BCUT2D eigenvalue weighted by atomic mass is 9.71. The van der Waals surface area contributed by atoms with Crippen LogP contribution in [0.3, 0.4) is 0 Å². The highest BCUT2D eigenvalue weighted by molar-refractivity contribution is 5.97. The first kappa shape index (κ1) is 10.2. The Morgan fingerprint density at radius 1 is 1.46 bits per heavy atom. The highest BCUT2D eigenvalue weighted by atomic mass is 16.1. The van der Waals surface area contributed by atoms with Crippen molar-refractivity contribution in [2.24, 2.45) is 5.41 Å². The molecule has 1 rings (SSSR count). The summed E-state index contributed by atoms with van der Waals surface area (Å²) in [6.07, 6.45) is 5.36. The lowest BCUT2D eigenvalue weighted by Crippen LogP contribution is -2.25. The molecule has 0 aromatic rings. The molecule has 0 amide bonds. The third-order valence-electron chi connectivity index (χ3n) is 2.81. The van der Waals surface area contributed by atoms with Gasteiger partial charge in [0.25, 0.3) is 0 Å². The predicted octanol–water partition coefficient (Wildman–Crippen LogP) is 3.08. The fraction of sp³-hybridized carbons (Fsp3) is 0.500. The van der Waals surface area contributed by atoms with Crippen LogP contribution in [0.25, 0.3) is 0 Å².